The van der Waals surface area contributed by atoms with Crippen molar-refractivity contribution in [3.05, 3.63) is 59.2 Å². The first-order valence-corrected chi connectivity index (χ1v) is 11.3. The number of aliphatic imine (C=N–C) groups is 1. The summed E-state index contributed by atoms with van der Waals surface area (Å²) in [4.78, 5) is 6.86. The molecule has 0 saturated heterocycles. The normalized spacial score (nSPS) is 24.4. The molecule has 2 aliphatic carbocycles. The fourth-order valence-corrected chi connectivity index (χ4v) is 5.17. The predicted molar refractivity (Wildman–Crippen MR) is 127 cm³/mol. The monoisotopic (exact) mass is 448 g/mol. The molecule has 1 saturated carbocycles. The van der Waals surface area contributed by atoms with Crippen LogP contribution in [0.4, 0.5) is 0 Å². The molecule has 0 aliphatic heterocycles. The maximum absolute atomic E-state index is 9.18. The second-order valence-corrected chi connectivity index (χ2v) is 9.08. The van der Waals surface area contributed by atoms with Crippen LogP contribution in [0.1, 0.15) is 48.4 Å². The van der Waals surface area contributed by atoms with Gasteiger partial charge in [0.15, 0.2) is 5.96 Å². The number of benzene rings is 2. The summed E-state index contributed by atoms with van der Waals surface area (Å²) in [6.45, 7) is 0.381. The molecule has 4 rings (SSSR count). The van der Waals surface area contributed by atoms with Crippen LogP contribution in [0.3, 0.4) is 0 Å². The maximum Gasteiger partial charge on any atom is 0.193 e. The Morgan fingerprint density at radius 2 is 1.94 bits per heavy atom. The molecular formula is C26H32N4O3. The Kier molecular flexibility index (Phi) is 6.87. The third-order valence-corrected chi connectivity index (χ3v) is 6.97. The van der Waals surface area contributed by atoms with E-state index >= 15 is 0 Å². The van der Waals surface area contributed by atoms with Gasteiger partial charge in [0, 0.05) is 26.7 Å². The molecule has 7 heteroatoms. The van der Waals surface area contributed by atoms with Crippen molar-refractivity contribution in [2.24, 2.45) is 16.1 Å². The first kappa shape index (κ1) is 23.1. The lowest BCUT2D eigenvalue weighted by atomic mass is 9.68. The highest BCUT2D eigenvalue weighted by Crippen LogP contribution is 2.56. The van der Waals surface area contributed by atoms with Crippen LogP contribution in [0.25, 0.3) is 0 Å². The molecule has 2 N–H and O–H groups in total. The fourth-order valence-electron chi connectivity index (χ4n) is 5.17. The van der Waals surface area contributed by atoms with Crippen molar-refractivity contribution in [3.8, 4) is 17.6 Å². The zero-order valence-corrected chi connectivity index (χ0v) is 19.6. The van der Waals surface area contributed by atoms with E-state index in [1.807, 2.05) is 30.1 Å². The van der Waals surface area contributed by atoms with Crippen molar-refractivity contribution in [1.29, 1.82) is 5.26 Å². The average molecular weight is 449 g/mol. The smallest absolute Gasteiger partial charge is 0.193 e. The van der Waals surface area contributed by atoms with Crippen molar-refractivity contribution in [3.63, 3.8) is 0 Å². The summed E-state index contributed by atoms with van der Waals surface area (Å²) < 4.78 is 17.0. The van der Waals surface area contributed by atoms with Crippen LogP contribution in [0, 0.1) is 16.7 Å². The minimum atomic E-state index is -0.0568. The van der Waals surface area contributed by atoms with E-state index < -0.39 is 0 Å². The highest BCUT2D eigenvalue weighted by molar-refractivity contribution is 5.78. The zero-order valence-electron chi connectivity index (χ0n) is 19.6. The van der Waals surface area contributed by atoms with Gasteiger partial charge in [-0.3, -0.25) is 0 Å². The molecule has 1 unspecified atom stereocenters. The molecule has 1 spiro atoms. The molecule has 2 aromatic carbocycles. The van der Waals surface area contributed by atoms with Gasteiger partial charge in [-0.1, -0.05) is 12.1 Å². The van der Waals surface area contributed by atoms with Crippen LogP contribution in [0.5, 0.6) is 11.5 Å². The first-order valence-electron chi connectivity index (χ1n) is 11.3. The molecule has 1 fully saturated rings. The van der Waals surface area contributed by atoms with Crippen LogP contribution in [0.15, 0.2) is 47.5 Å². The van der Waals surface area contributed by atoms with Crippen LogP contribution in [0.2, 0.25) is 0 Å². The van der Waals surface area contributed by atoms with E-state index in [0.717, 1.165) is 43.4 Å². The van der Waals surface area contributed by atoms with Crippen LogP contribution < -0.4 is 10.5 Å². The summed E-state index contributed by atoms with van der Waals surface area (Å²) >= 11 is 0. The van der Waals surface area contributed by atoms with Gasteiger partial charge in [0.25, 0.3) is 0 Å². The lowest BCUT2D eigenvalue weighted by Crippen LogP contribution is -2.38. The summed E-state index contributed by atoms with van der Waals surface area (Å²) in [6.07, 6.45) is 5.40. The number of nitriles is 1. The molecule has 2 aromatic rings. The predicted octanol–water partition coefficient (Wildman–Crippen LogP) is 4.37. The second-order valence-electron chi connectivity index (χ2n) is 9.08. The molecule has 2 aliphatic rings. The number of hydrogen-bond acceptors (Lipinski definition) is 5. The number of guanidine groups is 1. The summed E-state index contributed by atoms with van der Waals surface area (Å²) in [7, 11) is 5.33. The lowest BCUT2D eigenvalue weighted by Gasteiger charge is -2.40. The summed E-state index contributed by atoms with van der Waals surface area (Å²) in [5, 5.41) is 9.18. The third kappa shape index (κ3) is 4.82. The van der Waals surface area contributed by atoms with Crippen LogP contribution >= 0.6 is 0 Å². The van der Waals surface area contributed by atoms with Gasteiger partial charge in [0.05, 0.1) is 23.8 Å². The maximum atomic E-state index is 9.18. The van der Waals surface area contributed by atoms with Gasteiger partial charge in [0.1, 0.15) is 18.2 Å². The highest BCUT2D eigenvalue weighted by atomic mass is 16.5. The van der Waals surface area contributed by atoms with E-state index in [2.05, 4.69) is 18.2 Å². The Labute approximate surface area is 195 Å². The number of nitrogens with zero attached hydrogens (tertiary/aromatic N) is 3. The van der Waals surface area contributed by atoms with Gasteiger partial charge in [0.2, 0.25) is 0 Å². The Morgan fingerprint density at radius 3 is 2.64 bits per heavy atom. The molecule has 33 heavy (non-hydrogen) atoms. The Bertz CT molecular complexity index is 1050. The van der Waals surface area contributed by atoms with E-state index in [1.165, 1.54) is 5.56 Å². The average Bonchev–Trinajstić information content (AvgIpc) is 3.12. The number of ether oxygens (including phenoxy) is 3. The number of methoxy groups -OCH3 is 2. The molecular weight excluding hydrogens is 416 g/mol. The van der Waals surface area contributed by atoms with E-state index in [4.69, 9.17) is 24.9 Å². The fraction of sp³-hybridized carbons (Fsp3) is 0.462. The highest BCUT2D eigenvalue weighted by Gasteiger charge is 2.48. The van der Waals surface area contributed by atoms with E-state index in [0.29, 0.717) is 30.1 Å². The SMILES string of the molecule is COCN(C)C(N)=NC1c2cc(Oc3cccc(C#N)c3)ccc2CC12CCC(OC)CC2. The van der Waals surface area contributed by atoms with Gasteiger partial charge in [-0.15, -0.1) is 0 Å². The third-order valence-electron chi connectivity index (χ3n) is 6.97. The van der Waals surface area contributed by atoms with Gasteiger partial charge in [-0.2, -0.15) is 5.26 Å². The van der Waals surface area contributed by atoms with Gasteiger partial charge in [-0.25, -0.2) is 4.99 Å². The lowest BCUT2D eigenvalue weighted by molar-refractivity contribution is 0.0208. The second kappa shape index (κ2) is 9.82. The van der Waals surface area contributed by atoms with E-state index in [-0.39, 0.29) is 11.5 Å². The number of hydrogen-bond donors (Lipinski definition) is 1. The number of nitrogens with two attached hydrogens (primary N) is 1. The largest absolute Gasteiger partial charge is 0.457 e. The summed E-state index contributed by atoms with van der Waals surface area (Å²) in [5.41, 5.74) is 9.43. The minimum absolute atomic E-state index is 0.0231. The summed E-state index contributed by atoms with van der Waals surface area (Å²) in [6, 6.07) is 15.5. The molecule has 7 nitrogen and oxygen atoms in total. The van der Waals surface area contributed by atoms with E-state index in [1.54, 1.807) is 26.4 Å². The van der Waals surface area contributed by atoms with Gasteiger partial charge in [-0.05, 0) is 73.6 Å². The van der Waals surface area contributed by atoms with Gasteiger partial charge < -0.3 is 24.8 Å². The van der Waals surface area contributed by atoms with Crippen LogP contribution in [-0.4, -0.2) is 45.0 Å². The number of fused-ring (bicyclic) bond motifs is 1. The standard InChI is InChI=1S/C26H32N4O3/c1-30(17-31-2)25(28)29-24-23-14-22(33-21-6-4-5-18(13-21)16-27)8-7-19(23)15-26(24)11-9-20(32-3)10-12-26/h4-8,13-14,20,24H,9-12,15,17H2,1-3H3,(H2,28,29). The molecule has 1 atom stereocenters. The number of rotatable bonds is 6. The van der Waals surface area contributed by atoms with Crippen molar-refractivity contribution in [2.45, 2.75) is 44.2 Å². The first-order chi connectivity index (χ1) is 16.0. The molecule has 174 valence electrons. The van der Waals surface area contributed by atoms with Crippen molar-refractivity contribution in [2.75, 3.05) is 28.0 Å². The van der Waals surface area contributed by atoms with Crippen molar-refractivity contribution < 1.29 is 14.2 Å². The quantitative estimate of drug-likeness (QED) is 0.401. The topological polar surface area (TPSA) is 93.1 Å². The summed E-state index contributed by atoms with van der Waals surface area (Å²) in [5.74, 6) is 1.84. The van der Waals surface area contributed by atoms with E-state index in [9.17, 15) is 5.26 Å². The molecule has 0 radical (unpaired) electrons. The zero-order chi connectivity index (χ0) is 23.4. The molecule has 0 aromatic heterocycles. The molecule has 0 amide bonds. The minimum Gasteiger partial charge on any atom is -0.457 e. The Morgan fingerprint density at radius 1 is 1.18 bits per heavy atom. The Hall–Kier alpha value is -3.08. The molecule has 0 bridgehead atoms. The molecule has 0 heterocycles. The van der Waals surface area contributed by atoms with Crippen molar-refractivity contribution in [1.82, 2.24) is 4.90 Å². The van der Waals surface area contributed by atoms with Crippen molar-refractivity contribution >= 4 is 5.96 Å². The van der Waals surface area contributed by atoms with Crippen LogP contribution in [-0.2, 0) is 15.9 Å². The Balaban J connectivity index is 1.67. The van der Waals surface area contributed by atoms with Gasteiger partial charge >= 0.3 is 0 Å².